The van der Waals surface area contributed by atoms with Gasteiger partial charge in [0.25, 0.3) is 0 Å². The fourth-order valence-electron chi connectivity index (χ4n) is 8.44. The molecule has 0 aliphatic rings. The van der Waals surface area contributed by atoms with Crippen LogP contribution in [0, 0.1) is 0 Å². The fraction of sp³-hybridized carbons (Fsp3) is 0. The van der Waals surface area contributed by atoms with Crippen LogP contribution in [0.2, 0.25) is 0 Å². The van der Waals surface area contributed by atoms with E-state index in [1.807, 2.05) is 30.3 Å². The molecule has 57 heavy (non-hydrogen) atoms. The third-order valence-electron chi connectivity index (χ3n) is 11.0. The second kappa shape index (κ2) is 12.6. The Bertz CT molecular complexity index is 3470. The Morgan fingerprint density at radius 2 is 1.02 bits per heavy atom. The van der Waals surface area contributed by atoms with Gasteiger partial charge >= 0.3 is 0 Å². The zero-order valence-corrected chi connectivity index (χ0v) is 31.2. The van der Waals surface area contributed by atoms with Gasteiger partial charge in [-0.05, 0) is 59.7 Å². The molecule has 12 aromatic rings. The molecule has 5 nitrogen and oxygen atoms in total. The lowest BCUT2D eigenvalue weighted by molar-refractivity contribution is 0.673. The van der Waals surface area contributed by atoms with E-state index in [-0.39, 0.29) is 0 Å². The number of nitrogens with zero attached hydrogens (tertiary/aromatic N) is 4. The normalized spacial score (nSPS) is 11.9. The summed E-state index contributed by atoms with van der Waals surface area (Å²) in [5, 5.41) is 6.83. The number of para-hydroxylation sites is 3. The van der Waals surface area contributed by atoms with E-state index in [0.717, 1.165) is 86.6 Å². The standard InChI is InChI=1S/C51H30N4OS/c1-3-14-31(15-4-1)33-18-13-19-34(28-33)50-52-49(32-16-5-2-6-17-32)53-51(54-50)41-30-35(55-42-23-10-7-20-36(42)37-21-8-11-24-43(37)55)29-40-46-45(57-48(40)41)27-26-39-38-22-9-12-25-44(38)56-47(39)46/h1-30H. The molecule has 6 heteroatoms. The van der Waals surface area contributed by atoms with Gasteiger partial charge in [0.1, 0.15) is 11.2 Å². The zero-order valence-electron chi connectivity index (χ0n) is 30.4. The van der Waals surface area contributed by atoms with Crippen molar-refractivity contribution in [1.29, 1.82) is 0 Å². The van der Waals surface area contributed by atoms with Crippen LogP contribution in [-0.4, -0.2) is 19.5 Å². The Balaban J connectivity index is 1.19. The summed E-state index contributed by atoms with van der Waals surface area (Å²) in [6.45, 7) is 0. The third kappa shape index (κ3) is 5.04. The molecule has 266 valence electrons. The summed E-state index contributed by atoms with van der Waals surface area (Å²) in [7, 11) is 0. The van der Waals surface area contributed by atoms with Crippen LogP contribution in [0.1, 0.15) is 0 Å². The molecule has 0 spiro atoms. The van der Waals surface area contributed by atoms with Crippen molar-refractivity contribution in [2.45, 2.75) is 0 Å². The minimum Gasteiger partial charge on any atom is -0.455 e. The van der Waals surface area contributed by atoms with E-state index in [1.54, 1.807) is 11.3 Å². The Morgan fingerprint density at radius 3 is 1.77 bits per heavy atom. The molecule has 8 aromatic carbocycles. The number of benzene rings is 8. The summed E-state index contributed by atoms with van der Waals surface area (Å²) in [6.07, 6.45) is 0. The highest BCUT2D eigenvalue weighted by Crippen LogP contribution is 2.46. The van der Waals surface area contributed by atoms with E-state index >= 15 is 0 Å². The molecule has 0 bridgehead atoms. The van der Waals surface area contributed by atoms with Crippen molar-refractivity contribution >= 4 is 75.3 Å². The van der Waals surface area contributed by atoms with Gasteiger partial charge < -0.3 is 8.98 Å². The van der Waals surface area contributed by atoms with E-state index in [9.17, 15) is 0 Å². The number of hydrogen-bond acceptors (Lipinski definition) is 5. The van der Waals surface area contributed by atoms with E-state index in [1.165, 1.54) is 10.8 Å². The highest BCUT2D eigenvalue weighted by Gasteiger charge is 2.23. The molecular formula is C51H30N4OS. The molecule has 0 amide bonds. The molecule has 0 unspecified atom stereocenters. The Kier molecular flexibility index (Phi) is 7.03. The van der Waals surface area contributed by atoms with Gasteiger partial charge in [0.15, 0.2) is 17.5 Å². The minimum absolute atomic E-state index is 0.615. The second-order valence-electron chi connectivity index (χ2n) is 14.4. The minimum atomic E-state index is 0.615. The van der Waals surface area contributed by atoms with Crippen LogP contribution in [0.15, 0.2) is 186 Å². The fourth-order valence-corrected chi connectivity index (χ4v) is 9.63. The average Bonchev–Trinajstić information content (AvgIpc) is 3.96. The molecule has 0 aliphatic heterocycles. The first-order valence-electron chi connectivity index (χ1n) is 19.0. The van der Waals surface area contributed by atoms with Crippen LogP contribution in [0.25, 0.3) is 115 Å². The summed E-state index contributed by atoms with van der Waals surface area (Å²) < 4.78 is 11.3. The van der Waals surface area contributed by atoms with Gasteiger partial charge in [-0.25, -0.2) is 15.0 Å². The number of aromatic nitrogens is 4. The predicted molar refractivity (Wildman–Crippen MR) is 236 cm³/mol. The first-order valence-corrected chi connectivity index (χ1v) is 19.8. The number of thiophene rings is 1. The van der Waals surface area contributed by atoms with Gasteiger partial charge in [-0.3, -0.25) is 0 Å². The number of hydrogen-bond donors (Lipinski definition) is 0. The Labute approximate surface area is 330 Å². The van der Waals surface area contributed by atoms with Crippen LogP contribution in [0.3, 0.4) is 0 Å². The lowest BCUT2D eigenvalue weighted by Crippen LogP contribution is -2.01. The van der Waals surface area contributed by atoms with E-state index < -0.39 is 0 Å². The molecule has 0 fully saturated rings. The highest BCUT2D eigenvalue weighted by atomic mass is 32.1. The van der Waals surface area contributed by atoms with E-state index in [4.69, 9.17) is 19.4 Å². The van der Waals surface area contributed by atoms with Crippen LogP contribution >= 0.6 is 11.3 Å². The molecule has 0 atom stereocenters. The van der Waals surface area contributed by atoms with Gasteiger partial charge in [-0.15, -0.1) is 11.3 Å². The molecular weight excluding hydrogens is 717 g/mol. The third-order valence-corrected chi connectivity index (χ3v) is 12.2. The van der Waals surface area contributed by atoms with Crippen molar-refractivity contribution in [3.63, 3.8) is 0 Å². The molecule has 12 rings (SSSR count). The number of fused-ring (bicyclic) bond motifs is 10. The first-order chi connectivity index (χ1) is 28.2. The average molecular weight is 747 g/mol. The van der Waals surface area contributed by atoms with Crippen LogP contribution in [0.5, 0.6) is 0 Å². The smallest absolute Gasteiger partial charge is 0.165 e. The maximum atomic E-state index is 6.71. The SMILES string of the molecule is c1ccc(-c2cccc(-c3nc(-c4ccccc4)nc(-c4cc(-n5c6ccccc6c6ccccc65)cc5c4sc4ccc6c7ccccc7oc6c45)n3)c2)cc1. The molecule has 0 saturated carbocycles. The Morgan fingerprint density at radius 1 is 0.421 bits per heavy atom. The summed E-state index contributed by atoms with van der Waals surface area (Å²) >= 11 is 1.75. The van der Waals surface area contributed by atoms with Gasteiger partial charge in [0.2, 0.25) is 0 Å². The summed E-state index contributed by atoms with van der Waals surface area (Å²) in [4.78, 5) is 15.8. The van der Waals surface area contributed by atoms with Gasteiger partial charge in [-0.2, -0.15) is 0 Å². The van der Waals surface area contributed by atoms with Crippen molar-refractivity contribution in [3.8, 4) is 51.0 Å². The van der Waals surface area contributed by atoms with Gasteiger partial charge in [0.05, 0.1) is 11.0 Å². The van der Waals surface area contributed by atoms with Crippen molar-refractivity contribution in [3.05, 3.63) is 182 Å². The van der Waals surface area contributed by atoms with Crippen molar-refractivity contribution in [2.75, 3.05) is 0 Å². The largest absolute Gasteiger partial charge is 0.455 e. The number of furan rings is 1. The molecule has 0 saturated heterocycles. The highest BCUT2D eigenvalue weighted by molar-refractivity contribution is 7.26. The van der Waals surface area contributed by atoms with Crippen molar-refractivity contribution in [1.82, 2.24) is 19.5 Å². The van der Waals surface area contributed by atoms with Crippen molar-refractivity contribution in [2.24, 2.45) is 0 Å². The Hall–Kier alpha value is -7.41. The van der Waals surface area contributed by atoms with E-state index in [0.29, 0.717) is 17.5 Å². The monoisotopic (exact) mass is 746 g/mol. The van der Waals surface area contributed by atoms with Crippen molar-refractivity contribution < 1.29 is 4.42 Å². The zero-order chi connectivity index (χ0) is 37.5. The maximum absolute atomic E-state index is 6.71. The predicted octanol–water partition coefficient (Wildman–Crippen LogP) is 13.9. The quantitative estimate of drug-likeness (QED) is 0.176. The summed E-state index contributed by atoms with van der Waals surface area (Å²) in [5.74, 6) is 1.86. The summed E-state index contributed by atoms with van der Waals surface area (Å²) in [5.41, 5.74) is 10.1. The molecule has 4 heterocycles. The molecule has 0 radical (unpaired) electrons. The van der Waals surface area contributed by atoms with Crippen LogP contribution < -0.4 is 0 Å². The van der Waals surface area contributed by atoms with Crippen LogP contribution in [0.4, 0.5) is 0 Å². The topological polar surface area (TPSA) is 56.7 Å². The lowest BCUT2D eigenvalue weighted by atomic mass is 10.0. The lowest BCUT2D eigenvalue weighted by Gasteiger charge is -2.13. The molecule has 0 aliphatic carbocycles. The molecule has 0 N–H and O–H groups in total. The van der Waals surface area contributed by atoms with Gasteiger partial charge in [-0.1, -0.05) is 133 Å². The number of rotatable bonds is 5. The van der Waals surface area contributed by atoms with Crippen LogP contribution in [-0.2, 0) is 0 Å². The maximum Gasteiger partial charge on any atom is 0.165 e. The summed E-state index contributed by atoms with van der Waals surface area (Å²) in [6, 6.07) is 63.7. The van der Waals surface area contributed by atoms with Gasteiger partial charge in [0, 0.05) is 64.1 Å². The second-order valence-corrected chi connectivity index (χ2v) is 15.4. The van der Waals surface area contributed by atoms with E-state index in [2.05, 4.69) is 156 Å². The molecule has 4 aromatic heterocycles. The first kappa shape index (κ1) is 31.9.